The summed E-state index contributed by atoms with van der Waals surface area (Å²) in [6.07, 6.45) is 9.90. The van der Waals surface area contributed by atoms with Crippen molar-refractivity contribution in [3.63, 3.8) is 0 Å². The standard InChI is InChI=1S/C17H17N/c1-13-7-5-6-9-16(13)15-11-14-8-3-2-4-10-17(14)18-12-15/h4-7,9-12H,2-3,8H2,1H3. The number of benzene rings is 1. The summed E-state index contributed by atoms with van der Waals surface area (Å²) in [7, 11) is 0. The van der Waals surface area contributed by atoms with Crippen LogP contribution in [0.1, 0.15) is 29.7 Å². The predicted molar refractivity (Wildman–Crippen MR) is 76.4 cm³/mol. The molecule has 0 fully saturated rings. The molecule has 1 nitrogen and oxygen atoms in total. The van der Waals surface area contributed by atoms with Crippen molar-refractivity contribution in [3.05, 3.63) is 59.4 Å². The van der Waals surface area contributed by atoms with Crippen LogP contribution in [0.15, 0.2) is 42.6 Å². The molecule has 0 atom stereocenters. The summed E-state index contributed by atoms with van der Waals surface area (Å²) in [5.74, 6) is 0. The Morgan fingerprint density at radius 3 is 2.94 bits per heavy atom. The number of hydrogen-bond donors (Lipinski definition) is 0. The van der Waals surface area contributed by atoms with Crippen LogP contribution in [0.25, 0.3) is 17.2 Å². The molecular weight excluding hydrogens is 218 g/mol. The second-order valence-corrected chi connectivity index (χ2v) is 4.88. The highest BCUT2D eigenvalue weighted by Gasteiger charge is 2.08. The molecule has 1 aromatic heterocycles. The number of hydrogen-bond acceptors (Lipinski definition) is 1. The van der Waals surface area contributed by atoms with Crippen molar-refractivity contribution in [2.24, 2.45) is 0 Å². The Morgan fingerprint density at radius 2 is 2.06 bits per heavy atom. The first-order chi connectivity index (χ1) is 8.84. The van der Waals surface area contributed by atoms with E-state index in [1.807, 2.05) is 6.20 Å². The van der Waals surface area contributed by atoms with Crippen molar-refractivity contribution in [3.8, 4) is 11.1 Å². The molecule has 3 rings (SSSR count). The van der Waals surface area contributed by atoms with Gasteiger partial charge in [-0.05, 0) is 55.0 Å². The highest BCUT2D eigenvalue weighted by Crippen LogP contribution is 2.26. The van der Waals surface area contributed by atoms with E-state index >= 15 is 0 Å². The van der Waals surface area contributed by atoms with Crippen LogP contribution in [0.3, 0.4) is 0 Å². The van der Waals surface area contributed by atoms with Gasteiger partial charge in [0.2, 0.25) is 0 Å². The van der Waals surface area contributed by atoms with Gasteiger partial charge in [0.15, 0.2) is 0 Å². The molecule has 1 aliphatic rings. The fraction of sp³-hybridized carbons (Fsp3) is 0.235. The summed E-state index contributed by atoms with van der Waals surface area (Å²) >= 11 is 0. The van der Waals surface area contributed by atoms with E-state index in [0.29, 0.717) is 0 Å². The Hall–Kier alpha value is -1.89. The Bertz CT molecular complexity index is 596. The van der Waals surface area contributed by atoms with Gasteiger partial charge in [-0.15, -0.1) is 0 Å². The number of aromatic nitrogens is 1. The fourth-order valence-corrected chi connectivity index (χ4v) is 2.52. The minimum Gasteiger partial charge on any atom is -0.256 e. The molecular formula is C17H17N. The van der Waals surface area contributed by atoms with E-state index in [-0.39, 0.29) is 0 Å². The second-order valence-electron chi connectivity index (χ2n) is 4.88. The lowest BCUT2D eigenvalue weighted by molar-refractivity contribution is 0.848. The summed E-state index contributed by atoms with van der Waals surface area (Å²) in [6.45, 7) is 2.15. The molecule has 0 unspecified atom stereocenters. The molecule has 90 valence electrons. The highest BCUT2D eigenvalue weighted by molar-refractivity contribution is 5.68. The van der Waals surface area contributed by atoms with Crippen LogP contribution in [-0.4, -0.2) is 4.98 Å². The molecule has 0 aliphatic heterocycles. The molecule has 1 aromatic carbocycles. The van der Waals surface area contributed by atoms with Crippen molar-refractivity contribution in [2.45, 2.75) is 26.2 Å². The lowest BCUT2D eigenvalue weighted by atomic mass is 9.99. The summed E-state index contributed by atoms with van der Waals surface area (Å²) in [6, 6.07) is 10.8. The first-order valence-electron chi connectivity index (χ1n) is 6.56. The normalized spacial score (nSPS) is 14.1. The molecule has 0 saturated carbocycles. The van der Waals surface area contributed by atoms with Crippen LogP contribution in [0.4, 0.5) is 0 Å². The number of fused-ring (bicyclic) bond motifs is 1. The van der Waals surface area contributed by atoms with E-state index in [1.165, 1.54) is 28.7 Å². The Balaban J connectivity index is 2.08. The molecule has 2 aromatic rings. The van der Waals surface area contributed by atoms with Gasteiger partial charge in [-0.25, -0.2) is 0 Å². The van der Waals surface area contributed by atoms with Crippen LogP contribution in [0.2, 0.25) is 0 Å². The zero-order chi connectivity index (χ0) is 12.4. The van der Waals surface area contributed by atoms with Crippen molar-refractivity contribution >= 4 is 6.08 Å². The van der Waals surface area contributed by atoms with E-state index in [4.69, 9.17) is 0 Å². The lowest BCUT2D eigenvalue weighted by Gasteiger charge is -2.09. The van der Waals surface area contributed by atoms with E-state index in [0.717, 1.165) is 18.5 Å². The zero-order valence-corrected chi connectivity index (χ0v) is 10.7. The van der Waals surface area contributed by atoms with Crippen molar-refractivity contribution in [2.75, 3.05) is 0 Å². The molecule has 18 heavy (non-hydrogen) atoms. The van der Waals surface area contributed by atoms with Gasteiger partial charge >= 0.3 is 0 Å². The van der Waals surface area contributed by atoms with E-state index < -0.39 is 0 Å². The summed E-state index contributed by atoms with van der Waals surface area (Å²) < 4.78 is 0. The van der Waals surface area contributed by atoms with E-state index in [9.17, 15) is 0 Å². The number of pyridine rings is 1. The molecule has 0 saturated heterocycles. The largest absolute Gasteiger partial charge is 0.256 e. The molecule has 0 amide bonds. The van der Waals surface area contributed by atoms with Crippen molar-refractivity contribution in [1.29, 1.82) is 0 Å². The van der Waals surface area contributed by atoms with E-state index in [2.05, 4.69) is 54.4 Å². The van der Waals surface area contributed by atoms with Crippen LogP contribution in [0, 0.1) is 6.92 Å². The van der Waals surface area contributed by atoms with Gasteiger partial charge in [0, 0.05) is 11.8 Å². The lowest BCUT2D eigenvalue weighted by Crippen LogP contribution is -1.93. The third kappa shape index (κ3) is 2.08. The predicted octanol–water partition coefficient (Wildman–Crippen LogP) is 4.41. The second kappa shape index (κ2) is 4.77. The van der Waals surface area contributed by atoms with Gasteiger partial charge in [0.1, 0.15) is 0 Å². The minimum atomic E-state index is 1.13. The SMILES string of the molecule is Cc1ccccc1-c1cnc2c(c1)CCCC=C2. The number of aryl methyl sites for hydroxylation is 2. The molecule has 1 heterocycles. The summed E-state index contributed by atoms with van der Waals surface area (Å²) in [5.41, 5.74) is 6.36. The quantitative estimate of drug-likeness (QED) is 0.713. The average Bonchev–Trinajstić information content (AvgIpc) is 2.63. The Kier molecular flexibility index (Phi) is 2.97. The zero-order valence-electron chi connectivity index (χ0n) is 10.7. The summed E-state index contributed by atoms with van der Waals surface area (Å²) in [4.78, 5) is 4.61. The highest BCUT2D eigenvalue weighted by atomic mass is 14.7. The monoisotopic (exact) mass is 235 g/mol. The molecule has 0 spiro atoms. The van der Waals surface area contributed by atoms with Crippen LogP contribution in [-0.2, 0) is 6.42 Å². The first-order valence-corrected chi connectivity index (χ1v) is 6.56. The maximum atomic E-state index is 4.61. The van der Waals surface area contributed by atoms with Gasteiger partial charge in [0.05, 0.1) is 5.69 Å². The molecule has 0 N–H and O–H groups in total. The summed E-state index contributed by atoms with van der Waals surface area (Å²) in [5, 5.41) is 0. The molecule has 0 bridgehead atoms. The first kappa shape index (κ1) is 11.2. The third-order valence-electron chi connectivity index (χ3n) is 3.55. The topological polar surface area (TPSA) is 12.9 Å². The van der Waals surface area contributed by atoms with Gasteiger partial charge in [0.25, 0.3) is 0 Å². The van der Waals surface area contributed by atoms with E-state index in [1.54, 1.807) is 0 Å². The Morgan fingerprint density at radius 1 is 1.17 bits per heavy atom. The van der Waals surface area contributed by atoms with Gasteiger partial charge in [-0.3, -0.25) is 4.98 Å². The molecule has 0 radical (unpaired) electrons. The van der Waals surface area contributed by atoms with Crippen molar-refractivity contribution < 1.29 is 0 Å². The fourth-order valence-electron chi connectivity index (χ4n) is 2.52. The number of allylic oxidation sites excluding steroid dienone is 1. The smallest absolute Gasteiger partial charge is 0.0658 e. The Labute approximate surface area is 108 Å². The number of nitrogens with zero attached hydrogens (tertiary/aromatic N) is 1. The van der Waals surface area contributed by atoms with Crippen LogP contribution < -0.4 is 0 Å². The minimum absolute atomic E-state index is 1.13. The average molecular weight is 235 g/mol. The number of rotatable bonds is 1. The van der Waals surface area contributed by atoms with Crippen molar-refractivity contribution in [1.82, 2.24) is 4.98 Å². The maximum absolute atomic E-state index is 4.61. The van der Waals surface area contributed by atoms with Gasteiger partial charge < -0.3 is 0 Å². The van der Waals surface area contributed by atoms with Crippen LogP contribution >= 0.6 is 0 Å². The van der Waals surface area contributed by atoms with Gasteiger partial charge in [-0.1, -0.05) is 30.3 Å². The van der Waals surface area contributed by atoms with Gasteiger partial charge in [-0.2, -0.15) is 0 Å². The van der Waals surface area contributed by atoms with Crippen LogP contribution in [0.5, 0.6) is 0 Å². The maximum Gasteiger partial charge on any atom is 0.0658 e. The molecule has 1 heteroatoms. The third-order valence-corrected chi connectivity index (χ3v) is 3.55. The molecule has 1 aliphatic carbocycles.